The summed E-state index contributed by atoms with van der Waals surface area (Å²) >= 11 is 0. The summed E-state index contributed by atoms with van der Waals surface area (Å²) in [5.41, 5.74) is 0.723. The number of aromatic nitrogens is 1. The zero-order chi connectivity index (χ0) is 15.2. The van der Waals surface area contributed by atoms with Crippen molar-refractivity contribution in [3.63, 3.8) is 0 Å². The third kappa shape index (κ3) is 4.16. The fraction of sp³-hybridized carbons (Fsp3) is 0.706. The van der Waals surface area contributed by atoms with Crippen molar-refractivity contribution >= 4 is 5.82 Å². The minimum atomic E-state index is -0.144. The average Bonchev–Trinajstić information content (AvgIpc) is 2.49. The second-order valence-electron chi connectivity index (χ2n) is 6.38. The maximum atomic E-state index is 14.7. The first-order chi connectivity index (χ1) is 10.1. The number of rotatable bonds is 6. The summed E-state index contributed by atoms with van der Waals surface area (Å²) in [6, 6.07) is 2.22. The highest BCUT2D eigenvalue weighted by molar-refractivity contribution is 5.44. The van der Waals surface area contributed by atoms with Crippen LogP contribution in [0.15, 0.2) is 12.3 Å². The molecule has 1 aromatic rings. The summed E-state index contributed by atoms with van der Waals surface area (Å²) in [7, 11) is 0. The first-order valence-corrected chi connectivity index (χ1v) is 8.24. The Morgan fingerprint density at radius 1 is 1.43 bits per heavy atom. The van der Waals surface area contributed by atoms with Crippen LogP contribution >= 0.6 is 0 Å². The van der Waals surface area contributed by atoms with Gasteiger partial charge in [-0.05, 0) is 44.2 Å². The summed E-state index contributed by atoms with van der Waals surface area (Å²) in [4.78, 5) is 6.50. The van der Waals surface area contributed by atoms with Crippen LogP contribution in [0.25, 0.3) is 0 Å². The van der Waals surface area contributed by atoms with Gasteiger partial charge in [-0.3, -0.25) is 0 Å². The zero-order valence-corrected chi connectivity index (χ0v) is 13.5. The Hall–Kier alpha value is -1.16. The number of nitrogens with one attached hydrogen (secondary N) is 1. The molecule has 1 saturated heterocycles. The molecular weight excluding hydrogens is 265 g/mol. The Morgan fingerprint density at radius 2 is 2.24 bits per heavy atom. The summed E-state index contributed by atoms with van der Waals surface area (Å²) in [5, 5.41) is 3.31. The van der Waals surface area contributed by atoms with Crippen LogP contribution in [-0.2, 0) is 6.54 Å². The SMILES string of the molecule is CCC1CCCCN1c1nccc(CNCC(C)C)c1F. The number of piperidine rings is 1. The molecule has 0 spiro atoms. The Balaban J connectivity index is 2.12. The molecule has 1 N–H and O–H groups in total. The van der Waals surface area contributed by atoms with E-state index in [-0.39, 0.29) is 5.82 Å². The van der Waals surface area contributed by atoms with Gasteiger partial charge in [0.15, 0.2) is 11.6 Å². The van der Waals surface area contributed by atoms with Crippen molar-refractivity contribution < 1.29 is 4.39 Å². The maximum Gasteiger partial charge on any atom is 0.170 e. The van der Waals surface area contributed by atoms with E-state index in [0.29, 0.717) is 24.3 Å². The van der Waals surface area contributed by atoms with E-state index in [0.717, 1.165) is 37.9 Å². The first-order valence-electron chi connectivity index (χ1n) is 8.24. The van der Waals surface area contributed by atoms with Gasteiger partial charge in [0.05, 0.1) is 0 Å². The van der Waals surface area contributed by atoms with Gasteiger partial charge in [-0.15, -0.1) is 0 Å². The van der Waals surface area contributed by atoms with Crippen LogP contribution in [0.5, 0.6) is 0 Å². The van der Waals surface area contributed by atoms with Gasteiger partial charge in [0.1, 0.15) is 0 Å². The molecule has 0 bridgehead atoms. The van der Waals surface area contributed by atoms with Crippen LogP contribution in [0.4, 0.5) is 10.2 Å². The van der Waals surface area contributed by atoms with Gasteiger partial charge in [-0.25, -0.2) is 9.37 Å². The molecule has 1 atom stereocenters. The molecular formula is C17H28FN3. The molecule has 0 aliphatic carbocycles. The molecule has 2 rings (SSSR count). The maximum absolute atomic E-state index is 14.7. The molecule has 0 aromatic carbocycles. The van der Waals surface area contributed by atoms with Crippen LogP contribution in [0.1, 0.15) is 52.0 Å². The van der Waals surface area contributed by atoms with E-state index in [9.17, 15) is 4.39 Å². The Labute approximate surface area is 127 Å². The minimum Gasteiger partial charge on any atom is -0.351 e. The molecule has 4 heteroatoms. The van der Waals surface area contributed by atoms with Crippen LogP contribution < -0.4 is 10.2 Å². The van der Waals surface area contributed by atoms with Gasteiger partial charge in [0, 0.05) is 30.9 Å². The lowest BCUT2D eigenvalue weighted by Crippen LogP contribution is -2.40. The molecule has 3 nitrogen and oxygen atoms in total. The quantitative estimate of drug-likeness (QED) is 0.866. The average molecular weight is 293 g/mol. The summed E-state index contributed by atoms with van der Waals surface area (Å²) in [5.74, 6) is 0.973. The molecule has 1 aliphatic heterocycles. The van der Waals surface area contributed by atoms with Gasteiger partial charge in [0.2, 0.25) is 0 Å². The van der Waals surface area contributed by atoms with Gasteiger partial charge >= 0.3 is 0 Å². The first kappa shape index (κ1) is 16.2. The smallest absolute Gasteiger partial charge is 0.170 e. The van der Waals surface area contributed by atoms with Gasteiger partial charge in [-0.1, -0.05) is 20.8 Å². The Kier molecular flexibility index (Phi) is 5.97. The lowest BCUT2D eigenvalue weighted by molar-refractivity contribution is 0.437. The third-order valence-electron chi connectivity index (χ3n) is 4.19. The summed E-state index contributed by atoms with van der Waals surface area (Å²) in [6.07, 6.45) is 6.32. The van der Waals surface area contributed by atoms with E-state index in [2.05, 4.69) is 36.0 Å². The molecule has 1 aromatic heterocycles. The zero-order valence-electron chi connectivity index (χ0n) is 13.5. The number of anilines is 1. The van der Waals surface area contributed by atoms with E-state index in [1.54, 1.807) is 12.3 Å². The fourth-order valence-corrected chi connectivity index (χ4v) is 3.01. The van der Waals surface area contributed by atoms with E-state index in [1.807, 2.05) is 0 Å². The largest absolute Gasteiger partial charge is 0.351 e. The number of halogens is 1. The second kappa shape index (κ2) is 7.74. The Morgan fingerprint density at radius 3 is 2.95 bits per heavy atom. The van der Waals surface area contributed by atoms with Gasteiger partial charge in [0.25, 0.3) is 0 Å². The third-order valence-corrected chi connectivity index (χ3v) is 4.19. The van der Waals surface area contributed by atoms with Gasteiger partial charge < -0.3 is 10.2 Å². The minimum absolute atomic E-state index is 0.144. The molecule has 21 heavy (non-hydrogen) atoms. The van der Waals surface area contributed by atoms with Crippen LogP contribution in [-0.4, -0.2) is 24.1 Å². The normalized spacial score (nSPS) is 19.3. The standard InChI is InChI=1S/C17H28FN3/c1-4-15-7-5-6-10-21(15)17-16(18)14(8-9-20-17)12-19-11-13(2)3/h8-9,13,15,19H,4-7,10-12H2,1-3H3. The second-order valence-corrected chi connectivity index (χ2v) is 6.38. The lowest BCUT2D eigenvalue weighted by Gasteiger charge is -2.36. The molecule has 118 valence electrons. The number of hydrogen-bond acceptors (Lipinski definition) is 3. The van der Waals surface area contributed by atoms with Crippen molar-refractivity contribution in [3.05, 3.63) is 23.6 Å². The summed E-state index contributed by atoms with van der Waals surface area (Å²) < 4.78 is 14.7. The number of pyridine rings is 1. The number of nitrogens with zero attached hydrogens (tertiary/aromatic N) is 2. The monoisotopic (exact) mass is 293 g/mol. The fourth-order valence-electron chi connectivity index (χ4n) is 3.01. The van der Waals surface area contributed by atoms with E-state index >= 15 is 0 Å². The van der Waals surface area contributed by atoms with Crippen molar-refractivity contribution in [2.75, 3.05) is 18.0 Å². The molecule has 0 radical (unpaired) electrons. The highest BCUT2D eigenvalue weighted by atomic mass is 19.1. The van der Waals surface area contributed by atoms with Gasteiger partial charge in [-0.2, -0.15) is 0 Å². The molecule has 2 heterocycles. The van der Waals surface area contributed by atoms with Crippen LogP contribution in [0.3, 0.4) is 0 Å². The Bertz CT molecular complexity index is 448. The summed E-state index contributed by atoms with van der Waals surface area (Å²) in [6.45, 7) is 8.88. The molecule has 1 fully saturated rings. The van der Waals surface area contributed by atoms with Crippen molar-refractivity contribution in [3.8, 4) is 0 Å². The molecule has 1 aliphatic rings. The highest BCUT2D eigenvalue weighted by Gasteiger charge is 2.25. The van der Waals surface area contributed by atoms with E-state index < -0.39 is 0 Å². The van der Waals surface area contributed by atoms with Crippen molar-refractivity contribution in [1.82, 2.24) is 10.3 Å². The van der Waals surface area contributed by atoms with E-state index in [1.165, 1.54) is 6.42 Å². The van der Waals surface area contributed by atoms with Crippen molar-refractivity contribution in [1.29, 1.82) is 0 Å². The van der Waals surface area contributed by atoms with E-state index in [4.69, 9.17) is 0 Å². The highest BCUT2D eigenvalue weighted by Crippen LogP contribution is 2.28. The topological polar surface area (TPSA) is 28.2 Å². The number of hydrogen-bond donors (Lipinski definition) is 1. The molecule has 0 amide bonds. The van der Waals surface area contributed by atoms with Crippen molar-refractivity contribution in [2.45, 2.75) is 59.0 Å². The van der Waals surface area contributed by atoms with Crippen LogP contribution in [0.2, 0.25) is 0 Å². The predicted molar refractivity (Wildman–Crippen MR) is 86.0 cm³/mol. The molecule has 0 saturated carbocycles. The molecule has 1 unspecified atom stereocenters. The van der Waals surface area contributed by atoms with Crippen LogP contribution in [0, 0.1) is 11.7 Å². The lowest BCUT2D eigenvalue weighted by atomic mass is 10.00. The predicted octanol–water partition coefficient (Wildman–Crippen LogP) is 3.74. The van der Waals surface area contributed by atoms with Crippen molar-refractivity contribution in [2.24, 2.45) is 5.92 Å².